The van der Waals surface area contributed by atoms with E-state index in [4.69, 9.17) is 11.6 Å². The van der Waals surface area contributed by atoms with Gasteiger partial charge in [0.15, 0.2) is 0 Å². The summed E-state index contributed by atoms with van der Waals surface area (Å²) in [5.74, 6) is 0.877. The largest absolute Gasteiger partial charge is 0.313 e. The lowest BCUT2D eigenvalue weighted by Crippen LogP contribution is -2.38. The van der Waals surface area contributed by atoms with Crippen molar-refractivity contribution < 1.29 is 4.79 Å². The number of hydrogen-bond donors (Lipinski definition) is 0. The highest BCUT2D eigenvalue weighted by molar-refractivity contribution is 6.35. The van der Waals surface area contributed by atoms with Gasteiger partial charge < -0.3 is 4.90 Å². The molecule has 3 rings (SSSR count). The summed E-state index contributed by atoms with van der Waals surface area (Å²) in [6.45, 7) is 2.10. The molecule has 0 spiro atoms. The maximum Gasteiger partial charge on any atom is 0.237 e. The number of benzene rings is 1. The van der Waals surface area contributed by atoms with E-state index < -0.39 is 5.41 Å². The lowest BCUT2D eigenvalue weighted by atomic mass is 9.72. The van der Waals surface area contributed by atoms with Crippen molar-refractivity contribution in [3.05, 3.63) is 28.8 Å². The molecule has 1 amide bonds. The van der Waals surface area contributed by atoms with Crippen molar-refractivity contribution in [3.63, 3.8) is 0 Å². The SMILES string of the molecule is CN1C(=O)C(C)(CC2CCCCC2)c2cccc(Cl)c21. The molecule has 1 aromatic carbocycles. The van der Waals surface area contributed by atoms with Gasteiger partial charge in [-0.1, -0.05) is 55.8 Å². The normalized spacial score (nSPS) is 26.9. The molecule has 1 aromatic rings. The Morgan fingerprint density at radius 1 is 1.30 bits per heavy atom. The summed E-state index contributed by atoms with van der Waals surface area (Å²) in [6, 6.07) is 5.91. The number of likely N-dealkylation sites (N-methyl/N-ethyl adjacent to an activating group) is 1. The van der Waals surface area contributed by atoms with E-state index >= 15 is 0 Å². The first kappa shape index (κ1) is 13.9. The number of halogens is 1. The average Bonchev–Trinajstić information content (AvgIpc) is 2.63. The Balaban J connectivity index is 1.96. The van der Waals surface area contributed by atoms with Gasteiger partial charge in [-0.3, -0.25) is 4.79 Å². The highest BCUT2D eigenvalue weighted by Crippen LogP contribution is 2.49. The Hall–Kier alpha value is -1.02. The molecule has 0 aromatic heterocycles. The summed E-state index contributed by atoms with van der Waals surface area (Å²) in [5.41, 5.74) is 1.64. The molecule has 1 aliphatic carbocycles. The first-order valence-electron chi connectivity index (χ1n) is 7.61. The Morgan fingerprint density at radius 2 is 2.00 bits per heavy atom. The van der Waals surface area contributed by atoms with Crippen molar-refractivity contribution in [2.24, 2.45) is 5.92 Å². The molecule has 0 N–H and O–H groups in total. The van der Waals surface area contributed by atoms with Crippen LogP contribution in [0.15, 0.2) is 18.2 Å². The van der Waals surface area contributed by atoms with Gasteiger partial charge in [0.05, 0.1) is 16.1 Å². The predicted molar refractivity (Wildman–Crippen MR) is 83.4 cm³/mol. The van der Waals surface area contributed by atoms with Gasteiger partial charge in [-0.25, -0.2) is 0 Å². The van der Waals surface area contributed by atoms with Crippen molar-refractivity contribution in [1.82, 2.24) is 0 Å². The zero-order chi connectivity index (χ0) is 14.3. The Bertz CT molecular complexity index is 536. The number of rotatable bonds is 2. The molecule has 1 saturated carbocycles. The second-order valence-electron chi connectivity index (χ2n) is 6.54. The highest BCUT2D eigenvalue weighted by Gasteiger charge is 2.47. The van der Waals surface area contributed by atoms with Gasteiger partial charge in [0, 0.05) is 7.05 Å². The molecule has 1 fully saturated rings. The molecule has 0 saturated heterocycles. The van der Waals surface area contributed by atoms with Crippen LogP contribution in [0.1, 0.15) is 51.0 Å². The molecule has 108 valence electrons. The molecular weight excluding hydrogens is 270 g/mol. The van der Waals surface area contributed by atoms with Crippen LogP contribution in [-0.2, 0) is 10.2 Å². The third-order valence-electron chi connectivity index (χ3n) is 5.11. The van der Waals surface area contributed by atoms with Crippen LogP contribution in [0.4, 0.5) is 5.69 Å². The zero-order valence-corrected chi connectivity index (χ0v) is 13.0. The minimum absolute atomic E-state index is 0.200. The monoisotopic (exact) mass is 291 g/mol. The molecule has 1 aliphatic heterocycles. The number of anilines is 1. The molecule has 1 atom stereocenters. The maximum atomic E-state index is 12.8. The average molecular weight is 292 g/mol. The number of amides is 1. The molecule has 20 heavy (non-hydrogen) atoms. The number of nitrogens with zero attached hydrogens (tertiary/aromatic N) is 1. The molecule has 0 radical (unpaired) electrons. The topological polar surface area (TPSA) is 20.3 Å². The van der Waals surface area contributed by atoms with Crippen molar-refractivity contribution >= 4 is 23.2 Å². The number of hydrogen-bond acceptors (Lipinski definition) is 1. The van der Waals surface area contributed by atoms with Crippen molar-refractivity contribution in [3.8, 4) is 0 Å². The molecular formula is C17H22ClNO. The third-order valence-corrected chi connectivity index (χ3v) is 5.42. The summed E-state index contributed by atoms with van der Waals surface area (Å²) in [5, 5.41) is 0.686. The fourth-order valence-electron chi connectivity index (χ4n) is 4.05. The number of fused-ring (bicyclic) bond motifs is 1. The van der Waals surface area contributed by atoms with Crippen LogP contribution in [0, 0.1) is 5.92 Å². The van der Waals surface area contributed by atoms with Gasteiger partial charge >= 0.3 is 0 Å². The lowest BCUT2D eigenvalue weighted by Gasteiger charge is -2.30. The standard InChI is InChI=1S/C17H22ClNO/c1-17(11-12-7-4-3-5-8-12)13-9-6-10-14(18)15(13)19(2)16(17)20/h6,9-10,12H,3-5,7-8,11H2,1-2H3. The van der Waals surface area contributed by atoms with E-state index in [9.17, 15) is 4.79 Å². The molecule has 0 bridgehead atoms. The van der Waals surface area contributed by atoms with Crippen LogP contribution < -0.4 is 4.90 Å². The van der Waals surface area contributed by atoms with E-state index in [2.05, 4.69) is 13.0 Å². The molecule has 2 aliphatic rings. The zero-order valence-electron chi connectivity index (χ0n) is 12.3. The van der Waals surface area contributed by atoms with Crippen LogP contribution in [-0.4, -0.2) is 13.0 Å². The van der Waals surface area contributed by atoms with E-state index in [1.807, 2.05) is 19.2 Å². The minimum atomic E-state index is -0.392. The van der Waals surface area contributed by atoms with E-state index in [1.54, 1.807) is 4.90 Å². The van der Waals surface area contributed by atoms with Crippen LogP contribution in [0.3, 0.4) is 0 Å². The van der Waals surface area contributed by atoms with Gasteiger partial charge in [0.2, 0.25) is 5.91 Å². The molecule has 3 heteroatoms. The molecule has 1 unspecified atom stereocenters. The summed E-state index contributed by atoms with van der Waals surface area (Å²) in [4.78, 5) is 14.5. The van der Waals surface area contributed by atoms with Crippen LogP contribution >= 0.6 is 11.6 Å². The maximum absolute atomic E-state index is 12.8. The van der Waals surface area contributed by atoms with Gasteiger partial charge in [-0.15, -0.1) is 0 Å². The fourth-order valence-corrected chi connectivity index (χ4v) is 4.36. The van der Waals surface area contributed by atoms with Crippen molar-refractivity contribution in [2.75, 3.05) is 11.9 Å². The quantitative estimate of drug-likeness (QED) is 0.783. The highest BCUT2D eigenvalue weighted by atomic mass is 35.5. The van der Waals surface area contributed by atoms with Crippen molar-refractivity contribution in [1.29, 1.82) is 0 Å². The first-order valence-corrected chi connectivity index (χ1v) is 7.99. The molecule has 2 nitrogen and oxygen atoms in total. The first-order chi connectivity index (χ1) is 9.54. The smallest absolute Gasteiger partial charge is 0.237 e. The van der Waals surface area contributed by atoms with Crippen LogP contribution in [0.2, 0.25) is 5.02 Å². The molecule has 1 heterocycles. The second kappa shape index (κ2) is 5.07. The van der Waals surface area contributed by atoms with E-state index in [1.165, 1.54) is 32.1 Å². The van der Waals surface area contributed by atoms with Crippen LogP contribution in [0.5, 0.6) is 0 Å². The van der Waals surface area contributed by atoms with E-state index in [0.717, 1.165) is 17.7 Å². The number of carbonyl (C=O) groups excluding carboxylic acids is 1. The predicted octanol–water partition coefficient (Wildman–Crippen LogP) is 4.54. The summed E-state index contributed by atoms with van der Waals surface area (Å²) in [6.07, 6.45) is 7.47. The van der Waals surface area contributed by atoms with Crippen LogP contribution in [0.25, 0.3) is 0 Å². The number of para-hydroxylation sites is 1. The Kier molecular flexibility index (Phi) is 3.53. The Labute approximate surface area is 126 Å². The second-order valence-corrected chi connectivity index (χ2v) is 6.95. The van der Waals surface area contributed by atoms with Gasteiger partial charge in [-0.05, 0) is 30.9 Å². The van der Waals surface area contributed by atoms with Gasteiger partial charge in [-0.2, -0.15) is 0 Å². The van der Waals surface area contributed by atoms with E-state index in [0.29, 0.717) is 10.9 Å². The lowest BCUT2D eigenvalue weighted by molar-refractivity contribution is -0.123. The number of carbonyl (C=O) groups is 1. The summed E-state index contributed by atoms with van der Waals surface area (Å²) in [7, 11) is 1.85. The summed E-state index contributed by atoms with van der Waals surface area (Å²) >= 11 is 6.31. The minimum Gasteiger partial charge on any atom is -0.313 e. The third kappa shape index (κ3) is 2.05. The van der Waals surface area contributed by atoms with Crippen molar-refractivity contribution in [2.45, 2.75) is 50.9 Å². The van der Waals surface area contributed by atoms with Gasteiger partial charge in [0.25, 0.3) is 0 Å². The van der Waals surface area contributed by atoms with E-state index in [-0.39, 0.29) is 5.91 Å². The van der Waals surface area contributed by atoms with Gasteiger partial charge in [0.1, 0.15) is 0 Å². The fraction of sp³-hybridized carbons (Fsp3) is 0.588. The Morgan fingerprint density at radius 3 is 2.70 bits per heavy atom. The summed E-state index contributed by atoms with van der Waals surface area (Å²) < 4.78 is 0.